The lowest BCUT2D eigenvalue weighted by Crippen LogP contribution is -2.26. The Balaban J connectivity index is 1.85. The van der Waals surface area contributed by atoms with E-state index in [1.165, 1.54) is 6.42 Å². The molecule has 0 bridgehead atoms. The molecule has 2 rings (SSSR count). The molecule has 0 saturated carbocycles. The standard InChI is InChI=1S/C14H19ClN2O/c1-10-3-2-4-12(13(10)15)14(18)17-8-6-11-5-7-16-9-11/h2-4,11,16H,5-9H2,1H3,(H,17,18). The molecule has 1 aromatic rings. The van der Waals surface area contributed by atoms with Crippen molar-refractivity contribution < 1.29 is 4.79 Å². The minimum atomic E-state index is -0.0744. The number of halogens is 1. The number of aryl methyl sites for hydroxylation is 1. The second-order valence-corrected chi connectivity index (χ2v) is 5.22. The highest BCUT2D eigenvalue weighted by atomic mass is 35.5. The van der Waals surface area contributed by atoms with Gasteiger partial charge in [0.2, 0.25) is 0 Å². The summed E-state index contributed by atoms with van der Waals surface area (Å²) in [5.41, 5.74) is 1.51. The number of carbonyl (C=O) groups excluding carboxylic acids is 1. The van der Waals surface area contributed by atoms with Crippen molar-refractivity contribution in [2.45, 2.75) is 19.8 Å². The molecule has 1 saturated heterocycles. The predicted octanol–water partition coefficient (Wildman–Crippen LogP) is 2.38. The minimum absolute atomic E-state index is 0.0744. The fourth-order valence-corrected chi connectivity index (χ4v) is 2.48. The second-order valence-electron chi connectivity index (χ2n) is 4.84. The Hall–Kier alpha value is -1.06. The average molecular weight is 267 g/mol. The lowest BCUT2D eigenvalue weighted by atomic mass is 10.1. The number of benzene rings is 1. The van der Waals surface area contributed by atoms with Crippen molar-refractivity contribution in [2.24, 2.45) is 5.92 Å². The van der Waals surface area contributed by atoms with Gasteiger partial charge in [-0.05, 0) is 50.4 Å². The Kier molecular flexibility index (Phi) is 4.61. The topological polar surface area (TPSA) is 41.1 Å². The fourth-order valence-electron chi connectivity index (χ4n) is 2.27. The van der Waals surface area contributed by atoms with E-state index in [4.69, 9.17) is 11.6 Å². The maximum absolute atomic E-state index is 12.0. The van der Waals surface area contributed by atoms with E-state index in [1.54, 1.807) is 6.07 Å². The normalized spacial score (nSPS) is 18.9. The van der Waals surface area contributed by atoms with Crippen LogP contribution in [0, 0.1) is 12.8 Å². The van der Waals surface area contributed by atoms with Crippen molar-refractivity contribution >= 4 is 17.5 Å². The van der Waals surface area contributed by atoms with Crippen LogP contribution in [0.4, 0.5) is 0 Å². The van der Waals surface area contributed by atoms with Crippen LogP contribution in [0.1, 0.15) is 28.8 Å². The van der Waals surface area contributed by atoms with Gasteiger partial charge < -0.3 is 10.6 Å². The van der Waals surface area contributed by atoms with Gasteiger partial charge in [-0.25, -0.2) is 0 Å². The highest BCUT2D eigenvalue weighted by Gasteiger charge is 2.15. The number of rotatable bonds is 4. The monoisotopic (exact) mass is 266 g/mol. The highest BCUT2D eigenvalue weighted by Crippen LogP contribution is 2.20. The molecule has 1 unspecified atom stereocenters. The van der Waals surface area contributed by atoms with Crippen LogP contribution >= 0.6 is 11.6 Å². The Morgan fingerprint density at radius 3 is 3.11 bits per heavy atom. The molecule has 1 amide bonds. The first kappa shape index (κ1) is 13.4. The average Bonchev–Trinajstić information content (AvgIpc) is 2.85. The van der Waals surface area contributed by atoms with Gasteiger partial charge in [0.05, 0.1) is 10.6 Å². The van der Waals surface area contributed by atoms with Gasteiger partial charge in [-0.1, -0.05) is 23.7 Å². The van der Waals surface area contributed by atoms with Crippen molar-refractivity contribution in [1.82, 2.24) is 10.6 Å². The molecule has 0 spiro atoms. The van der Waals surface area contributed by atoms with Crippen LogP contribution in [0.3, 0.4) is 0 Å². The van der Waals surface area contributed by atoms with Crippen LogP contribution in [-0.4, -0.2) is 25.5 Å². The Labute approximate surface area is 113 Å². The molecule has 1 aliphatic rings. The largest absolute Gasteiger partial charge is 0.352 e. The zero-order valence-electron chi connectivity index (χ0n) is 10.6. The summed E-state index contributed by atoms with van der Waals surface area (Å²) in [5, 5.41) is 6.82. The molecule has 3 nitrogen and oxygen atoms in total. The highest BCUT2D eigenvalue weighted by molar-refractivity contribution is 6.34. The Morgan fingerprint density at radius 1 is 1.56 bits per heavy atom. The number of hydrogen-bond acceptors (Lipinski definition) is 2. The van der Waals surface area contributed by atoms with E-state index in [-0.39, 0.29) is 5.91 Å². The maximum Gasteiger partial charge on any atom is 0.252 e. The first-order chi connectivity index (χ1) is 8.68. The number of nitrogens with one attached hydrogen (secondary N) is 2. The molecule has 98 valence electrons. The summed E-state index contributed by atoms with van der Waals surface area (Å²) < 4.78 is 0. The van der Waals surface area contributed by atoms with Gasteiger partial charge in [0, 0.05) is 6.54 Å². The molecule has 0 radical (unpaired) electrons. The fraction of sp³-hybridized carbons (Fsp3) is 0.500. The molecule has 2 N–H and O–H groups in total. The van der Waals surface area contributed by atoms with E-state index in [9.17, 15) is 4.79 Å². The molecule has 1 heterocycles. The third-order valence-corrected chi connectivity index (χ3v) is 3.94. The molecule has 1 fully saturated rings. The first-order valence-corrected chi connectivity index (χ1v) is 6.80. The number of hydrogen-bond donors (Lipinski definition) is 2. The number of amides is 1. The second kappa shape index (κ2) is 6.21. The quantitative estimate of drug-likeness (QED) is 0.879. The van der Waals surface area contributed by atoms with Gasteiger partial charge in [0.15, 0.2) is 0 Å². The molecule has 0 aromatic heterocycles. The summed E-state index contributed by atoms with van der Waals surface area (Å²) in [5.74, 6) is 0.618. The van der Waals surface area contributed by atoms with Crippen molar-refractivity contribution in [2.75, 3.05) is 19.6 Å². The van der Waals surface area contributed by atoms with Crippen LogP contribution in [0.2, 0.25) is 5.02 Å². The van der Waals surface area contributed by atoms with E-state index < -0.39 is 0 Å². The molecule has 0 aliphatic carbocycles. The smallest absolute Gasteiger partial charge is 0.252 e. The lowest BCUT2D eigenvalue weighted by Gasteiger charge is -2.10. The van der Waals surface area contributed by atoms with Crippen molar-refractivity contribution in [3.63, 3.8) is 0 Å². The first-order valence-electron chi connectivity index (χ1n) is 6.42. The van der Waals surface area contributed by atoms with Gasteiger partial charge in [0.25, 0.3) is 5.91 Å². The van der Waals surface area contributed by atoms with Gasteiger partial charge in [-0.3, -0.25) is 4.79 Å². The zero-order valence-corrected chi connectivity index (χ0v) is 11.4. The van der Waals surface area contributed by atoms with E-state index in [0.29, 0.717) is 16.5 Å². The lowest BCUT2D eigenvalue weighted by molar-refractivity contribution is 0.0951. The third-order valence-electron chi connectivity index (χ3n) is 3.44. The van der Waals surface area contributed by atoms with Crippen LogP contribution in [-0.2, 0) is 0 Å². The summed E-state index contributed by atoms with van der Waals surface area (Å²) in [6, 6.07) is 5.53. The maximum atomic E-state index is 12.0. The Bertz CT molecular complexity index is 428. The summed E-state index contributed by atoms with van der Waals surface area (Å²) >= 11 is 6.12. The molecular formula is C14H19ClN2O. The van der Waals surface area contributed by atoms with Gasteiger partial charge in [-0.2, -0.15) is 0 Å². The third kappa shape index (κ3) is 3.24. The molecule has 1 atom stereocenters. The molecule has 4 heteroatoms. The minimum Gasteiger partial charge on any atom is -0.352 e. The molecular weight excluding hydrogens is 248 g/mol. The van der Waals surface area contributed by atoms with E-state index in [2.05, 4.69) is 10.6 Å². The summed E-state index contributed by atoms with van der Waals surface area (Å²) in [4.78, 5) is 12.0. The Morgan fingerprint density at radius 2 is 2.39 bits per heavy atom. The van der Waals surface area contributed by atoms with Gasteiger partial charge in [-0.15, -0.1) is 0 Å². The summed E-state index contributed by atoms with van der Waals surface area (Å²) in [7, 11) is 0. The van der Waals surface area contributed by atoms with Gasteiger partial charge in [0.1, 0.15) is 0 Å². The molecule has 1 aromatic carbocycles. The molecule has 1 aliphatic heterocycles. The van der Waals surface area contributed by atoms with E-state index >= 15 is 0 Å². The van der Waals surface area contributed by atoms with E-state index in [0.717, 1.165) is 31.6 Å². The van der Waals surface area contributed by atoms with Crippen molar-refractivity contribution in [3.05, 3.63) is 34.3 Å². The predicted molar refractivity (Wildman–Crippen MR) is 74.1 cm³/mol. The zero-order chi connectivity index (χ0) is 13.0. The van der Waals surface area contributed by atoms with Crippen LogP contribution in [0.15, 0.2) is 18.2 Å². The van der Waals surface area contributed by atoms with Crippen molar-refractivity contribution in [1.29, 1.82) is 0 Å². The summed E-state index contributed by atoms with van der Waals surface area (Å²) in [6.45, 7) is 4.79. The van der Waals surface area contributed by atoms with Crippen LogP contribution in [0.5, 0.6) is 0 Å². The van der Waals surface area contributed by atoms with E-state index in [1.807, 2.05) is 19.1 Å². The SMILES string of the molecule is Cc1cccc(C(=O)NCCC2CCNC2)c1Cl. The van der Waals surface area contributed by atoms with Crippen LogP contribution in [0.25, 0.3) is 0 Å². The van der Waals surface area contributed by atoms with Crippen LogP contribution < -0.4 is 10.6 Å². The van der Waals surface area contributed by atoms with Crippen molar-refractivity contribution in [3.8, 4) is 0 Å². The summed E-state index contributed by atoms with van der Waals surface area (Å²) in [6.07, 6.45) is 2.24. The number of carbonyl (C=O) groups is 1. The van der Waals surface area contributed by atoms with Gasteiger partial charge >= 0.3 is 0 Å². The molecule has 18 heavy (non-hydrogen) atoms.